The van der Waals surface area contributed by atoms with Crippen molar-refractivity contribution in [2.24, 2.45) is 4.99 Å². The zero-order valence-electron chi connectivity index (χ0n) is 14.1. The number of hydrogen-bond acceptors (Lipinski definition) is 3. The summed E-state index contributed by atoms with van der Waals surface area (Å²) in [6.45, 7) is 4.86. The van der Waals surface area contributed by atoms with Crippen LogP contribution in [-0.2, 0) is 13.0 Å². The topological polar surface area (TPSA) is 37.5 Å². The van der Waals surface area contributed by atoms with E-state index in [1.807, 2.05) is 12.1 Å². The maximum absolute atomic E-state index is 9.47. The Morgan fingerprint density at radius 1 is 1.12 bits per heavy atom. The second-order valence-corrected chi connectivity index (χ2v) is 6.62. The van der Waals surface area contributed by atoms with Crippen molar-refractivity contribution in [3.63, 3.8) is 0 Å². The normalized spacial score (nSPS) is 11.9. The van der Waals surface area contributed by atoms with Crippen molar-refractivity contribution in [2.75, 3.05) is 6.61 Å². The maximum atomic E-state index is 9.47. The van der Waals surface area contributed by atoms with Crippen LogP contribution in [0.5, 0.6) is 0 Å². The van der Waals surface area contributed by atoms with Crippen molar-refractivity contribution in [1.82, 2.24) is 4.57 Å². The lowest BCUT2D eigenvalue weighted by Crippen LogP contribution is -2.17. The highest BCUT2D eigenvalue weighted by Gasteiger charge is 2.08. The molecule has 0 fully saturated rings. The molecular formula is C20H22N2OS. The second-order valence-electron chi connectivity index (χ2n) is 5.78. The van der Waals surface area contributed by atoms with Gasteiger partial charge in [0, 0.05) is 11.9 Å². The van der Waals surface area contributed by atoms with Crippen LogP contribution in [0.25, 0.3) is 11.3 Å². The average molecular weight is 338 g/mol. The van der Waals surface area contributed by atoms with Gasteiger partial charge in [-0.1, -0.05) is 43.3 Å². The third kappa shape index (κ3) is 3.66. The lowest BCUT2D eigenvalue weighted by molar-refractivity contribution is 0.275. The van der Waals surface area contributed by atoms with E-state index in [4.69, 9.17) is 4.99 Å². The largest absolute Gasteiger partial charge is 0.395 e. The van der Waals surface area contributed by atoms with E-state index in [1.165, 1.54) is 11.1 Å². The predicted molar refractivity (Wildman–Crippen MR) is 101 cm³/mol. The third-order valence-electron chi connectivity index (χ3n) is 4.01. The molecule has 0 saturated heterocycles. The number of hydrogen-bond donors (Lipinski definition) is 1. The van der Waals surface area contributed by atoms with Crippen molar-refractivity contribution in [1.29, 1.82) is 0 Å². The van der Waals surface area contributed by atoms with Gasteiger partial charge in [-0.15, -0.1) is 11.3 Å². The Kier molecular flexibility index (Phi) is 5.28. The first kappa shape index (κ1) is 16.7. The highest BCUT2D eigenvalue weighted by atomic mass is 32.1. The summed E-state index contributed by atoms with van der Waals surface area (Å²) in [6.07, 6.45) is 1.04. The van der Waals surface area contributed by atoms with Crippen LogP contribution >= 0.6 is 11.3 Å². The molecule has 124 valence electrons. The molecule has 3 nitrogen and oxygen atoms in total. The molecule has 0 saturated carbocycles. The molecule has 1 aromatic heterocycles. The summed E-state index contributed by atoms with van der Waals surface area (Å²) >= 11 is 1.61. The molecule has 2 aromatic carbocycles. The Morgan fingerprint density at radius 3 is 2.58 bits per heavy atom. The van der Waals surface area contributed by atoms with Crippen LogP contribution in [0, 0.1) is 6.92 Å². The Morgan fingerprint density at radius 2 is 1.92 bits per heavy atom. The van der Waals surface area contributed by atoms with Gasteiger partial charge in [0.15, 0.2) is 4.80 Å². The van der Waals surface area contributed by atoms with Crippen LogP contribution in [0.4, 0.5) is 5.69 Å². The van der Waals surface area contributed by atoms with Crippen molar-refractivity contribution in [2.45, 2.75) is 26.8 Å². The molecule has 0 aliphatic heterocycles. The minimum Gasteiger partial charge on any atom is -0.395 e. The van der Waals surface area contributed by atoms with Crippen molar-refractivity contribution in [3.8, 4) is 11.3 Å². The molecule has 0 atom stereocenters. The Labute approximate surface area is 146 Å². The van der Waals surface area contributed by atoms with E-state index in [9.17, 15) is 5.11 Å². The van der Waals surface area contributed by atoms with Gasteiger partial charge in [0.2, 0.25) is 0 Å². The number of aliphatic hydroxyl groups excluding tert-OH is 1. The quantitative estimate of drug-likeness (QED) is 0.739. The molecule has 1 heterocycles. The summed E-state index contributed by atoms with van der Waals surface area (Å²) in [4.78, 5) is 5.68. The first-order valence-electron chi connectivity index (χ1n) is 8.21. The average Bonchev–Trinajstić information content (AvgIpc) is 2.98. The van der Waals surface area contributed by atoms with Gasteiger partial charge in [0.25, 0.3) is 0 Å². The molecule has 1 N–H and O–H groups in total. The van der Waals surface area contributed by atoms with Gasteiger partial charge in [-0.3, -0.25) is 0 Å². The van der Waals surface area contributed by atoms with Gasteiger partial charge < -0.3 is 9.67 Å². The Hall–Kier alpha value is -2.17. The van der Waals surface area contributed by atoms with E-state index in [0.29, 0.717) is 6.54 Å². The molecule has 0 aliphatic rings. The number of aliphatic hydroxyl groups is 1. The van der Waals surface area contributed by atoms with E-state index in [-0.39, 0.29) is 6.61 Å². The van der Waals surface area contributed by atoms with Crippen LogP contribution in [0.15, 0.2) is 58.9 Å². The minimum atomic E-state index is 0.0950. The summed E-state index contributed by atoms with van der Waals surface area (Å²) in [5, 5.41) is 11.6. The first-order chi connectivity index (χ1) is 11.7. The molecule has 3 aromatic rings. The third-order valence-corrected chi connectivity index (χ3v) is 4.87. The number of nitrogens with zero attached hydrogens (tertiary/aromatic N) is 2. The van der Waals surface area contributed by atoms with Gasteiger partial charge in [-0.2, -0.15) is 0 Å². The van der Waals surface area contributed by atoms with Gasteiger partial charge in [-0.25, -0.2) is 4.99 Å². The molecule has 3 rings (SSSR count). The molecule has 24 heavy (non-hydrogen) atoms. The highest BCUT2D eigenvalue weighted by molar-refractivity contribution is 7.07. The predicted octanol–water partition coefficient (Wildman–Crippen LogP) is 4.31. The second kappa shape index (κ2) is 7.60. The van der Waals surface area contributed by atoms with Crippen LogP contribution in [0.3, 0.4) is 0 Å². The van der Waals surface area contributed by atoms with E-state index >= 15 is 0 Å². The summed E-state index contributed by atoms with van der Waals surface area (Å²) in [6, 6.07) is 16.8. The molecule has 0 unspecified atom stereocenters. The maximum Gasteiger partial charge on any atom is 0.190 e. The monoisotopic (exact) mass is 338 g/mol. The van der Waals surface area contributed by atoms with E-state index in [0.717, 1.165) is 28.2 Å². The fourth-order valence-corrected chi connectivity index (χ4v) is 3.64. The van der Waals surface area contributed by atoms with E-state index in [2.05, 4.69) is 60.2 Å². The van der Waals surface area contributed by atoms with Crippen molar-refractivity contribution >= 4 is 17.0 Å². The first-order valence-corrected chi connectivity index (χ1v) is 9.09. The molecular weight excluding hydrogens is 316 g/mol. The van der Waals surface area contributed by atoms with Crippen molar-refractivity contribution in [3.05, 3.63) is 69.8 Å². The molecule has 0 radical (unpaired) electrons. The molecule has 4 heteroatoms. The van der Waals surface area contributed by atoms with E-state index < -0.39 is 0 Å². The number of benzene rings is 2. The molecule has 0 bridgehead atoms. The fraction of sp³-hybridized carbons (Fsp3) is 0.250. The van der Waals surface area contributed by atoms with Gasteiger partial charge >= 0.3 is 0 Å². The van der Waals surface area contributed by atoms with Gasteiger partial charge in [0.1, 0.15) is 0 Å². The van der Waals surface area contributed by atoms with Crippen LogP contribution < -0.4 is 4.80 Å². The molecule has 0 amide bonds. The highest BCUT2D eigenvalue weighted by Crippen LogP contribution is 2.22. The summed E-state index contributed by atoms with van der Waals surface area (Å²) in [7, 11) is 0. The molecule has 0 spiro atoms. The summed E-state index contributed by atoms with van der Waals surface area (Å²) < 4.78 is 2.09. The fourth-order valence-electron chi connectivity index (χ4n) is 2.68. The standard InChI is InChI=1S/C20H22N2OS/c1-3-16-7-9-17(10-8-16)19-14-24-20(22(19)11-12-23)21-18-6-4-5-15(2)13-18/h4-10,13-14,23H,3,11-12H2,1-2H3. The van der Waals surface area contributed by atoms with Crippen LogP contribution in [0.2, 0.25) is 0 Å². The summed E-state index contributed by atoms with van der Waals surface area (Å²) in [5.74, 6) is 0. The van der Waals surface area contributed by atoms with Gasteiger partial charge in [0.05, 0.1) is 18.0 Å². The summed E-state index contributed by atoms with van der Waals surface area (Å²) in [5.41, 5.74) is 5.71. The van der Waals surface area contributed by atoms with Crippen LogP contribution in [-0.4, -0.2) is 16.3 Å². The lowest BCUT2D eigenvalue weighted by atomic mass is 10.1. The Balaban J connectivity index is 2.07. The Bertz CT molecular complexity index is 875. The SMILES string of the molecule is CCc1ccc(-c2csc(=Nc3cccc(C)c3)n2CCO)cc1. The van der Waals surface area contributed by atoms with Gasteiger partial charge in [-0.05, 0) is 42.2 Å². The lowest BCUT2D eigenvalue weighted by Gasteiger charge is -2.08. The number of thiazole rings is 1. The van der Waals surface area contributed by atoms with Crippen LogP contribution in [0.1, 0.15) is 18.1 Å². The zero-order chi connectivity index (χ0) is 16.9. The number of rotatable bonds is 5. The van der Waals surface area contributed by atoms with Crippen molar-refractivity contribution < 1.29 is 5.11 Å². The number of aryl methyl sites for hydroxylation is 2. The van der Waals surface area contributed by atoms with E-state index in [1.54, 1.807) is 11.3 Å². The minimum absolute atomic E-state index is 0.0950. The zero-order valence-corrected chi connectivity index (χ0v) is 14.9. The number of aromatic nitrogens is 1. The molecule has 0 aliphatic carbocycles. The smallest absolute Gasteiger partial charge is 0.190 e.